The summed E-state index contributed by atoms with van der Waals surface area (Å²) in [7, 11) is 0. The van der Waals surface area contributed by atoms with Gasteiger partial charge in [-0.15, -0.1) is 0 Å². The zero-order valence-electron chi connectivity index (χ0n) is 67.7. The lowest BCUT2D eigenvalue weighted by molar-refractivity contribution is -0.359. The van der Waals surface area contributed by atoms with E-state index in [1.165, 1.54) is 308 Å². The maximum absolute atomic E-state index is 13.4. The van der Waals surface area contributed by atoms with Gasteiger partial charge < -0.3 is 65.1 Å². The lowest BCUT2D eigenvalue weighted by atomic mass is 9.97. The van der Waals surface area contributed by atoms with Gasteiger partial charge in [0.1, 0.15) is 48.8 Å². The van der Waals surface area contributed by atoms with Gasteiger partial charge in [0.2, 0.25) is 5.91 Å². The van der Waals surface area contributed by atoms with E-state index in [0.717, 1.165) is 70.6 Å². The molecule has 0 aromatic heterocycles. The molecule has 2 aliphatic rings. The molecule has 0 aromatic rings. The highest BCUT2D eigenvalue weighted by Crippen LogP contribution is 2.31. The molecule has 0 saturated carbocycles. The van der Waals surface area contributed by atoms with Crippen LogP contribution in [0.15, 0.2) is 72.9 Å². The normalized spacial score (nSPS) is 21.7. The third kappa shape index (κ3) is 56.3. The molecule has 2 rings (SSSR count). The molecule has 614 valence electrons. The molecule has 105 heavy (non-hydrogen) atoms. The van der Waals surface area contributed by atoms with Gasteiger partial charge in [0.25, 0.3) is 0 Å². The third-order valence-electron chi connectivity index (χ3n) is 21.6. The molecular formula is C91H167NO13. The van der Waals surface area contributed by atoms with Crippen LogP contribution in [0.25, 0.3) is 0 Å². The van der Waals surface area contributed by atoms with Crippen molar-refractivity contribution in [3.63, 3.8) is 0 Å². The molecule has 0 radical (unpaired) electrons. The molecule has 2 fully saturated rings. The Bertz CT molecular complexity index is 2050. The number of allylic oxidation sites excluding steroid dienone is 11. The van der Waals surface area contributed by atoms with Crippen LogP contribution in [-0.2, 0) is 23.7 Å². The number of carbonyl (C=O) groups excluding carboxylic acids is 1. The number of rotatable bonds is 76. The van der Waals surface area contributed by atoms with E-state index in [1.54, 1.807) is 6.08 Å². The fourth-order valence-corrected chi connectivity index (χ4v) is 14.7. The van der Waals surface area contributed by atoms with Gasteiger partial charge in [0.15, 0.2) is 12.6 Å². The largest absolute Gasteiger partial charge is 0.394 e. The first-order valence-electron chi connectivity index (χ1n) is 44.7. The number of carbonyl (C=O) groups is 1. The van der Waals surface area contributed by atoms with Crippen LogP contribution in [0.2, 0.25) is 0 Å². The molecule has 2 saturated heterocycles. The molecule has 0 spiro atoms. The van der Waals surface area contributed by atoms with E-state index in [0.29, 0.717) is 6.42 Å². The van der Waals surface area contributed by atoms with Crippen LogP contribution in [-0.4, -0.2) is 140 Å². The van der Waals surface area contributed by atoms with Crippen molar-refractivity contribution in [1.82, 2.24) is 5.32 Å². The van der Waals surface area contributed by atoms with E-state index in [1.807, 2.05) is 6.08 Å². The number of ether oxygens (including phenoxy) is 4. The van der Waals surface area contributed by atoms with Crippen molar-refractivity contribution in [1.29, 1.82) is 0 Å². The van der Waals surface area contributed by atoms with Crippen molar-refractivity contribution in [3.8, 4) is 0 Å². The van der Waals surface area contributed by atoms with Crippen LogP contribution >= 0.6 is 0 Å². The Labute approximate surface area is 644 Å². The highest BCUT2D eigenvalue weighted by molar-refractivity contribution is 5.76. The van der Waals surface area contributed by atoms with Gasteiger partial charge >= 0.3 is 0 Å². The van der Waals surface area contributed by atoms with Crippen molar-refractivity contribution in [2.45, 2.75) is 479 Å². The Morgan fingerprint density at radius 1 is 0.352 bits per heavy atom. The summed E-state index contributed by atoms with van der Waals surface area (Å²) in [4.78, 5) is 13.4. The van der Waals surface area contributed by atoms with Crippen LogP contribution in [0.1, 0.15) is 406 Å². The average molecular weight is 1480 g/mol. The molecule has 1 amide bonds. The molecular weight excluding hydrogens is 1310 g/mol. The summed E-state index contributed by atoms with van der Waals surface area (Å²) in [6.07, 6.45) is 87.3. The molecule has 0 aliphatic carbocycles. The van der Waals surface area contributed by atoms with E-state index in [-0.39, 0.29) is 18.9 Å². The maximum atomic E-state index is 13.4. The van der Waals surface area contributed by atoms with E-state index in [9.17, 15) is 45.6 Å². The first-order chi connectivity index (χ1) is 51.6. The second-order valence-corrected chi connectivity index (χ2v) is 31.4. The fourth-order valence-electron chi connectivity index (χ4n) is 14.7. The van der Waals surface area contributed by atoms with E-state index < -0.39 is 86.8 Å². The quantitative estimate of drug-likeness (QED) is 0.0204. The lowest BCUT2D eigenvalue weighted by Gasteiger charge is -2.46. The molecule has 9 N–H and O–H groups in total. The minimum atomic E-state index is -1.79. The standard InChI is InChI=1S/C91H167NO13/c1-3-5-7-9-11-13-15-17-19-21-23-25-27-29-31-33-35-37-38-39-40-41-42-43-45-47-49-51-53-55-57-59-61-63-65-67-69-71-73-75-83(96)92-79(78-102-90-88(101)86(99)89(82(77-94)104-90)105-91-87(100)85(98)84(97)81(76-93)103-91)80(95)74-72-70-68-66-64-62-60-58-56-54-52-50-48-46-44-36-34-32-30-28-26-24-22-20-18-16-14-12-10-8-6-4-2/h5,7,11,13,17,19,23,25,29,31,72,74,79-82,84-91,93-95,97-101H,3-4,6,8-10,12,14-16,18,20-22,24,26-28,30,32-71,73,75-78H2,1-2H3,(H,92,96)/b7-5-,13-11-,19-17-,25-23-,31-29-,74-72+. The minimum Gasteiger partial charge on any atom is -0.394 e. The summed E-state index contributed by atoms with van der Waals surface area (Å²) in [5.41, 5.74) is 0. The van der Waals surface area contributed by atoms with Gasteiger partial charge in [0, 0.05) is 6.42 Å². The van der Waals surface area contributed by atoms with Gasteiger partial charge in [-0.05, 0) is 64.2 Å². The van der Waals surface area contributed by atoms with Crippen molar-refractivity contribution in [2.24, 2.45) is 0 Å². The van der Waals surface area contributed by atoms with Gasteiger partial charge in [-0.2, -0.15) is 0 Å². The number of nitrogens with one attached hydrogen (secondary N) is 1. The molecule has 14 nitrogen and oxygen atoms in total. The van der Waals surface area contributed by atoms with Crippen LogP contribution in [0, 0.1) is 0 Å². The van der Waals surface area contributed by atoms with Gasteiger partial charge in [-0.25, -0.2) is 0 Å². The zero-order chi connectivity index (χ0) is 75.8. The Morgan fingerprint density at radius 2 is 0.657 bits per heavy atom. The smallest absolute Gasteiger partial charge is 0.220 e. The second-order valence-electron chi connectivity index (χ2n) is 31.4. The lowest BCUT2D eigenvalue weighted by Crippen LogP contribution is -2.65. The molecule has 12 unspecified atom stereocenters. The van der Waals surface area contributed by atoms with Gasteiger partial charge in [-0.3, -0.25) is 4.79 Å². The molecule has 12 atom stereocenters. The summed E-state index contributed by atoms with van der Waals surface area (Å²) < 4.78 is 23.0. The van der Waals surface area contributed by atoms with Crippen molar-refractivity contribution < 1.29 is 64.6 Å². The van der Waals surface area contributed by atoms with Crippen molar-refractivity contribution in [3.05, 3.63) is 72.9 Å². The Kier molecular flexibility index (Phi) is 69.6. The summed E-state index contributed by atoms with van der Waals surface area (Å²) in [6, 6.07) is -0.918. The first-order valence-corrected chi connectivity index (χ1v) is 44.7. The average Bonchev–Trinajstić information content (AvgIpc) is 0.789. The number of aliphatic hydroxyl groups excluding tert-OH is 8. The number of hydrogen-bond acceptors (Lipinski definition) is 13. The molecule has 2 aliphatic heterocycles. The topological polar surface area (TPSA) is 228 Å². The molecule has 14 heteroatoms. The number of amides is 1. The Hall–Kier alpha value is -2.57. The van der Waals surface area contributed by atoms with Gasteiger partial charge in [-0.1, -0.05) is 408 Å². The Morgan fingerprint density at radius 3 is 1.01 bits per heavy atom. The second kappa shape index (κ2) is 74.2. The first kappa shape index (κ1) is 98.5. The van der Waals surface area contributed by atoms with Crippen LogP contribution in [0.5, 0.6) is 0 Å². The Balaban J connectivity index is 1.56. The van der Waals surface area contributed by atoms with Crippen LogP contribution in [0.4, 0.5) is 0 Å². The molecule has 0 bridgehead atoms. The number of hydrogen-bond donors (Lipinski definition) is 9. The highest BCUT2D eigenvalue weighted by Gasteiger charge is 2.51. The zero-order valence-corrected chi connectivity index (χ0v) is 67.7. The SMILES string of the molecule is CC/C=C\C/C=C\C/C=C\C/C=C\C/C=C\CCCCCCCCCCCCCCCCCCCCCCCCCC(=O)NC(COC1OC(CO)C(OC2OC(CO)C(O)C(O)C2O)C(O)C1O)C(O)/C=C/CCCCCCCCCCCCCCCCCCCCCCCCCCCCCCCC. The summed E-state index contributed by atoms with van der Waals surface area (Å²) in [5, 5.41) is 87.9. The van der Waals surface area contributed by atoms with Crippen LogP contribution in [0.3, 0.4) is 0 Å². The van der Waals surface area contributed by atoms with Crippen molar-refractivity contribution >= 4 is 5.91 Å². The van der Waals surface area contributed by atoms with E-state index >= 15 is 0 Å². The highest BCUT2D eigenvalue weighted by atomic mass is 16.7. The monoisotopic (exact) mass is 1480 g/mol. The number of aliphatic hydroxyl groups is 8. The third-order valence-corrected chi connectivity index (χ3v) is 21.6. The number of unbranched alkanes of at least 4 members (excludes halogenated alkanes) is 53. The molecule has 2 heterocycles. The summed E-state index contributed by atoms with van der Waals surface area (Å²) >= 11 is 0. The van der Waals surface area contributed by atoms with E-state index in [4.69, 9.17) is 18.9 Å². The summed E-state index contributed by atoms with van der Waals surface area (Å²) in [5.74, 6) is -0.232. The van der Waals surface area contributed by atoms with Gasteiger partial charge in [0.05, 0.1) is 32.0 Å². The predicted octanol–water partition coefficient (Wildman–Crippen LogP) is 21.6. The van der Waals surface area contributed by atoms with Crippen LogP contribution < -0.4 is 5.32 Å². The van der Waals surface area contributed by atoms with E-state index in [2.05, 4.69) is 79.9 Å². The molecule has 0 aromatic carbocycles. The predicted molar refractivity (Wildman–Crippen MR) is 438 cm³/mol. The summed E-state index contributed by atoms with van der Waals surface area (Å²) in [6.45, 7) is 2.75. The maximum Gasteiger partial charge on any atom is 0.220 e. The fraction of sp³-hybridized carbons (Fsp3) is 0.857. The van der Waals surface area contributed by atoms with Crippen molar-refractivity contribution in [2.75, 3.05) is 19.8 Å². The minimum absolute atomic E-state index is 0.232.